The summed E-state index contributed by atoms with van der Waals surface area (Å²) in [6, 6.07) is 5.35. The Morgan fingerprint density at radius 2 is 2.13 bits per heavy atom. The lowest BCUT2D eigenvalue weighted by Gasteiger charge is -2.42. The number of H-pyrrole nitrogens is 1. The van der Waals surface area contributed by atoms with Gasteiger partial charge in [-0.1, -0.05) is 17.7 Å². The molecular weight excluding hydrogens is 433 g/mol. The van der Waals surface area contributed by atoms with Gasteiger partial charge in [0, 0.05) is 23.5 Å². The second kappa shape index (κ2) is 8.62. The van der Waals surface area contributed by atoms with Crippen LogP contribution in [0, 0.1) is 0 Å². The number of aromatic amines is 1. The maximum atomic E-state index is 14.1. The molecule has 0 bridgehead atoms. The van der Waals surface area contributed by atoms with Gasteiger partial charge in [-0.15, -0.1) is 0 Å². The van der Waals surface area contributed by atoms with E-state index < -0.39 is 24.2 Å². The molecule has 1 aliphatic heterocycles. The summed E-state index contributed by atoms with van der Waals surface area (Å²) >= 11 is 5.92. The minimum Gasteiger partial charge on any atom is -0.376 e. The molecule has 0 aliphatic carbocycles. The third-order valence-corrected chi connectivity index (χ3v) is 5.47. The predicted molar refractivity (Wildman–Crippen MR) is 112 cm³/mol. The number of halogens is 4. The molecule has 164 valence electrons. The van der Waals surface area contributed by atoms with Crippen LogP contribution in [0.25, 0.3) is 11.0 Å². The monoisotopic (exact) mass is 452 g/mol. The van der Waals surface area contributed by atoms with Gasteiger partial charge in [-0.05, 0) is 37.1 Å². The van der Waals surface area contributed by atoms with Crippen molar-refractivity contribution in [1.29, 1.82) is 0 Å². The van der Waals surface area contributed by atoms with E-state index in [1.807, 2.05) is 0 Å². The Morgan fingerprint density at radius 1 is 1.29 bits per heavy atom. The Labute approximate surface area is 181 Å². The lowest BCUT2D eigenvalue weighted by molar-refractivity contribution is -0.197. The SMILES string of the molecule is O=C(CNc1cccc(Cl)c1)N1CCCC(Nc2ncnc3[nH]ccc23)C1C(F)(F)F. The van der Waals surface area contributed by atoms with Crippen molar-refractivity contribution in [1.82, 2.24) is 19.9 Å². The fourth-order valence-electron chi connectivity index (χ4n) is 3.87. The number of benzene rings is 1. The van der Waals surface area contributed by atoms with E-state index in [4.69, 9.17) is 11.6 Å². The molecule has 3 N–H and O–H groups in total. The van der Waals surface area contributed by atoms with Crippen molar-refractivity contribution < 1.29 is 18.0 Å². The molecule has 3 heterocycles. The Bertz CT molecular complexity index is 1070. The van der Waals surface area contributed by atoms with Crippen molar-refractivity contribution in [3.63, 3.8) is 0 Å². The van der Waals surface area contributed by atoms with Crippen molar-refractivity contribution in [3.05, 3.63) is 47.9 Å². The normalized spacial score (nSPS) is 19.4. The molecule has 7 nitrogen and oxygen atoms in total. The van der Waals surface area contributed by atoms with Crippen molar-refractivity contribution in [3.8, 4) is 0 Å². The number of likely N-dealkylation sites (tertiary alicyclic amines) is 1. The molecule has 1 aliphatic rings. The fraction of sp³-hybridized carbons (Fsp3) is 0.350. The van der Waals surface area contributed by atoms with Gasteiger partial charge in [-0.3, -0.25) is 4.79 Å². The summed E-state index contributed by atoms with van der Waals surface area (Å²) in [5.74, 6) is -0.333. The highest BCUT2D eigenvalue weighted by Gasteiger charge is 2.51. The molecule has 1 saturated heterocycles. The van der Waals surface area contributed by atoms with Crippen LogP contribution in [-0.4, -0.2) is 57.1 Å². The molecule has 0 spiro atoms. The smallest absolute Gasteiger partial charge is 0.376 e. The first-order valence-corrected chi connectivity index (χ1v) is 10.1. The molecule has 11 heteroatoms. The van der Waals surface area contributed by atoms with Gasteiger partial charge < -0.3 is 20.5 Å². The number of alkyl halides is 3. The van der Waals surface area contributed by atoms with Crippen LogP contribution in [0.2, 0.25) is 5.02 Å². The number of fused-ring (bicyclic) bond motifs is 1. The Morgan fingerprint density at radius 3 is 2.90 bits per heavy atom. The summed E-state index contributed by atoms with van der Waals surface area (Å²) in [5.41, 5.74) is 1.09. The first-order valence-electron chi connectivity index (χ1n) is 9.73. The van der Waals surface area contributed by atoms with E-state index in [1.54, 1.807) is 36.5 Å². The van der Waals surface area contributed by atoms with Gasteiger partial charge in [0.1, 0.15) is 23.8 Å². The zero-order valence-corrected chi connectivity index (χ0v) is 17.0. The largest absolute Gasteiger partial charge is 0.410 e. The van der Waals surface area contributed by atoms with Gasteiger partial charge in [0.25, 0.3) is 0 Å². The molecule has 1 fully saturated rings. The average Bonchev–Trinajstić information content (AvgIpc) is 3.21. The number of aromatic nitrogens is 3. The zero-order chi connectivity index (χ0) is 22.0. The van der Waals surface area contributed by atoms with Gasteiger partial charge in [-0.25, -0.2) is 9.97 Å². The van der Waals surface area contributed by atoms with Crippen LogP contribution in [0.4, 0.5) is 24.7 Å². The summed E-state index contributed by atoms with van der Waals surface area (Å²) in [4.78, 5) is 24.7. The van der Waals surface area contributed by atoms with Crippen LogP contribution in [0.1, 0.15) is 12.8 Å². The number of rotatable bonds is 5. The topological polar surface area (TPSA) is 85.9 Å². The number of nitrogens with one attached hydrogen (secondary N) is 3. The number of piperidine rings is 1. The van der Waals surface area contributed by atoms with E-state index in [0.29, 0.717) is 34.0 Å². The number of nitrogens with zero attached hydrogens (tertiary/aromatic N) is 3. The van der Waals surface area contributed by atoms with Crippen molar-refractivity contribution in [2.45, 2.75) is 31.1 Å². The van der Waals surface area contributed by atoms with E-state index in [9.17, 15) is 18.0 Å². The third kappa shape index (κ3) is 4.68. The first-order chi connectivity index (χ1) is 14.8. The number of amides is 1. The fourth-order valence-corrected chi connectivity index (χ4v) is 4.06. The first kappa shape index (κ1) is 21.2. The number of carbonyl (C=O) groups excluding carboxylic acids is 1. The Balaban J connectivity index is 1.53. The van der Waals surface area contributed by atoms with E-state index in [-0.39, 0.29) is 19.5 Å². The molecular formula is C20H20ClF3N6O. The van der Waals surface area contributed by atoms with Gasteiger partial charge in [0.15, 0.2) is 0 Å². The quantitative estimate of drug-likeness (QED) is 0.543. The van der Waals surface area contributed by atoms with Gasteiger partial charge in [-0.2, -0.15) is 13.2 Å². The molecule has 1 amide bonds. The van der Waals surface area contributed by atoms with Crippen molar-refractivity contribution >= 4 is 40.0 Å². The highest BCUT2D eigenvalue weighted by molar-refractivity contribution is 6.30. The second-order valence-corrected chi connectivity index (χ2v) is 7.73. The van der Waals surface area contributed by atoms with Crippen molar-refractivity contribution in [2.75, 3.05) is 23.7 Å². The summed E-state index contributed by atoms with van der Waals surface area (Å²) in [6.07, 6.45) is -0.984. The summed E-state index contributed by atoms with van der Waals surface area (Å²) in [5, 5.41) is 6.82. The van der Waals surface area contributed by atoms with Crippen molar-refractivity contribution in [2.24, 2.45) is 0 Å². The minimum atomic E-state index is -4.60. The average molecular weight is 453 g/mol. The highest BCUT2D eigenvalue weighted by Crippen LogP contribution is 2.34. The summed E-state index contributed by atoms with van der Waals surface area (Å²) in [6.45, 7) is -0.239. The molecule has 2 aromatic heterocycles. The van der Waals surface area contributed by atoms with E-state index in [1.165, 1.54) is 6.33 Å². The molecule has 0 radical (unpaired) electrons. The number of hydrogen-bond acceptors (Lipinski definition) is 5. The standard InChI is InChI=1S/C20H20ClF3N6O/c21-12-3-1-4-13(9-12)26-10-16(31)30-8-2-5-15(17(30)20(22,23)24)29-19-14-6-7-25-18(14)27-11-28-19/h1,3-4,6-7,9,11,15,17,26H,2,5,8,10H2,(H2,25,27,28,29). The van der Waals surface area contributed by atoms with Crippen LogP contribution in [0.3, 0.4) is 0 Å². The Hall–Kier alpha value is -3.01. The molecule has 31 heavy (non-hydrogen) atoms. The van der Waals surface area contributed by atoms with E-state index >= 15 is 0 Å². The van der Waals surface area contributed by atoms with Crippen LogP contribution in [-0.2, 0) is 4.79 Å². The maximum Gasteiger partial charge on any atom is 0.410 e. The summed E-state index contributed by atoms with van der Waals surface area (Å²) in [7, 11) is 0. The van der Waals surface area contributed by atoms with Crippen LogP contribution < -0.4 is 10.6 Å². The number of carbonyl (C=O) groups is 1. The van der Waals surface area contributed by atoms with Gasteiger partial charge in [0.05, 0.1) is 18.0 Å². The number of hydrogen-bond donors (Lipinski definition) is 3. The minimum absolute atomic E-state index is 0.0295. The van der Waals surface area contributed by atoms with Gasteiger partial charge >= 0.3 is 6.18 Å². The molecule has 0 saturated carbocycles. The molecule has 2 unspecified atom stereocenters. The number of anilines is 2. The summed E-state index contributed by atoms with van der Waals surface area (Å²) < 4.78 is 42.2. The zero-order valence-electron chi connectivity index (χ0n) is 16.3. The maximum absolute atomic E-state index is 14.1. The van der Waals surface area contributed by atoms with E-state index in [2.05, 4.69) is 25.6 Å². The van der Waals surface area contributed by atoms with Crippen LogP contribution in [0.15, 0.2) is 42.9 Å². The lowest BCUT2D eigenvalue weighted by atomic mass is 9.95. The molecule has 1 aromatic carbocycles. The van der Waals surface area contributed by atoms with E-state index in [0.717, 1.165) is 4.90 Å². The van der Waals surface area contributed by atoms with Crippen LogP contribution in [0.5, 0.6) is 0 Å². The molecule has 4 rings (SSSR count). The predicted octanol–water partition coefficient (Wildman–Crippen LogP) is 4.06. The highest BCUT2D eigenvalue weighted by atomic mass is 35.5. The third-order valence-electron chi connectivity index (χ3n) is 5.23. The Kier molecular flexibility index (Phi) is 5.90. The van der Waals surface area contributed by atoms with Gasteiger partial charge in [0.2, 0.25) is 5.91 Å². The molecule has 2 atom stereocenters. The van der Waals surface area contributed by atoms with Crippen LogP contribution >= 0.6 is 11.6 Å². The molecule has 3 aromatic rings. The second-order valence-electron chi connectivity index (χ2n) is 7.29. The lowest BCUT2D eigenvalue weighted by Crippen LogP contribution is -2.61.